The number of hydrogen-bond acceptors (Lipinski definition) is 5. The monoisotopic (exact) mass is 435 g/mol. The van der Waals surface area contributed by atoms with E-state index in [4.69, 9.17) is 9.15 Å². The molecule has 1 aliphatic rings. The van der Waals surface area contributed by atoms with E-state index in [0.717, 1.165) is 59.4 Å². The summed E-state index contributed by atoms with van der Waals surface area (Å²) in [5, 5.41) is 1.97. The molecule has 6 nitrogen and oxygen atoms in total. The van der Waals surface area contributed by atoms with E-state index in [-0.39, 0.29) is 5.91 Å². The predicted octanol–water partition coefficient (Wildman–Crippen LogP) is 5.53. The van der Waals surface area contributed by atoms with Crippen molar-refractivity contribution in [3.8, 4) is 16.5 Å². The molecule has 0 radical (unpaired) electrons. The summed E-state index contributed by atoms with van der Waals surface area (Å²) in [6.07, 6.45) is 3.99. The van der Waals surface area contributed by atoms with E-state index < -0.39 is 0 Å². The van der Waals surface area contributed by atoms with Crippen LogP contribution in [-0.2, 0) is 0 Å². The van der Waals surface area contributed by atoms with Crippen LogP contribution < -0.4 is 4.74 Å². The molecular formula is C24H25N3O3S. The number of fused-ring (bicyclic) bond motifs is 1. The number of amides is 1. The van der Waals surface area contributed by atoms with Crippen molar-refractivity contribution in [1.29, 1.82) is 0 Å². The molecule has 0 atom stereocenters. The number of thiazole rings is 1. The second kappa shape index (κ2) is 7.89. The molecule has 1 amide bonds. The van der Waals surface area contributed by atoms with Crippen molar-refractivity contribution in [2.24, 2.45) is 0 Å². The van der Waals surface area contributed by atoms with Crippen LogP contribution in [0, 0.1) is 13.8 Å². The number of carbonyl (C=O) groups is 1. The maximum absolute atomic E-state index is 13.2. The maximum Gasteiger partial charge on any atom is 0.265 e. The number of H-pyrrole nitrogens is 1. The first kappa shape index (κ1) is 19.9. The average molecular weight is 436 g/mol. The number of piperidine rings is 1. The molecule has 0 unspecified atom stereocenters. The number of aryl methyl sites for hydroxylation is 2. The molecule has 5 rings (SSSR count). The second-order valence-corrected chi connectivity index (χ2v) is 9.06. The summed E-state index contributed by atoms with van der Waals surface area (Å²) in [4.78, 5) is 23.8. The largest absolute Gasteiger partial charge is 0.497 e. The minimum absolute atomic E-state index is 0.0728. The van der Waals surface area contributed by atoms with Gasteiger partial charge in [0.15, 0.2) is 10.8 Å². The minimum Gasteiger partial charge on any atom is -0.497 e. The Hall–Kier alpha value is -3.06. The SMILES string of the molecule is COc1ccc2[nH]cc(C3CCN(C(=O)c4sc(-c5ccc(C)o5)nc4C)CC3)c2c1. The van der Waals surface area contributed by atoms with Crippen molar-refractivity contribution in [3.05, 3.63) is 58.4 Å². The molecule has 1 aliphatic heterocycles. The van der Waals surface area contributed by atoms with Gasteiger partial charge in [0.2, 0.25) is 0 Å². The fraction of sp³-hybridized carbons (Fsp3) is 0.333. The molecule has 3 aromatic heterocycles. The van der Waals surface area contributed by atoms with Crippen LogP contribution in [0.4, 0.5) is 0 Å². The highest BCUT2D eigenvalue weighted by Crippen LogP contribution is 2.36. The van der Waals surface area contributed by atoms with Gasteiger partial charge in [-0.25, -0.2) is 4.98 Å². The van der Waals surface area contributed by atoms with Gasteiger partial charge in [0.05, 0.1) is 12.8 Å². The van der Waals surface area contributed by atoms with Crippen molar-refractivity contribution >= 4 is 28.1 Å². The number of carbonyl (C=O) groups excluding carboxylic acids is 1. The quantitative estimate of drug-likeness (QED) is 0.457. The Balaban J connectivity index is 1.31. The molecule has 31 heavy (non-hydrogen) atoms. The lowest BCUT2D eigenvalue weighted by Crippen LogP contribution is -2.37. The van der Waals surface area contributed by atoms with Crippen molar-refractivity contribution in [3.63, 3.8) is 0 Å². The lowest BCUT2D eigenvalue weighted by atomic mass is 9.89. The fourth-order valence-electron chi connectivity index (χ4n) is 4.37. The Labute approximate surface area is 184 Å². The molecule has 160 valence electrons. The first-order valence-electron chi connectivity index (χ1n) is 10.5. The summed E-state index contributed by atoms with van der Waals surface area (Å²) in [5.41, 5.74) is 3.20. The first-order chi connectivity index (χ1) is 15.0. The number of aromatic nitrogens is 2. The van der Waals surface area contributed by atoms with Crippen LogP contribution in [0.25, 0.3) is 21.7 Å². The van der Waals surface area contributed by atoms with Crippen molar-refractivity contribution in [2.75, 3.05) is 20.2 Å². The van der Waals surface area contributed by atoms with Crippen LogP contribution in [0.1, 0.15) is 45.4 Å². The normalized spacial score (nSPS) is 15.0. The first-order valence-corrected chi connectivity index (χ1v) is 11.3. The van der Waals surface area contributed by atoms with Gasteiger partial charge < -0.3 is 19.0 Å². The lowest BCUT2D eigenvalue weighted by molar-refractivity contribution is 0.0717. The summed E-state index contributed by atoms with van der Waals surface area (Å²) in [6, 6.07) is 9.94. The number of hydrogen-bond donors (Lipinski definition) is 1. The van der Waals surface area contributed by atoms with Crippen molar-refractivity contribution in [2.45, 2.75) is 32.6 Å². The molecule has 4 aromatic rings. The molecule has 0 aliphatic carbocycles. The zero-order valence-electron chi connectivity index (χ0n) is 17.9. The van der Waals surface area contributed by atoms with Crippen LogP contribution >= 0.6 is 11.3 Å². The zero-order valence-corrected chi connectivity index (χ0v) is 18.7. The highest BCUT2D eigenvalue weighted by Gasteiger charge is 2.28. The van der Waals surface area contributed by atoms with E-state index in [1.54, 1.807) is 7.11 Å². The Morgan fingerprint density at radius 1 is 1.23 bits per heavy atom. The van der Waals surface area contributed by atoms with Gasteiger partial charge >= 0.3 is 0 Å². The Morgan fingerprint density at radius 2 is 2.03 bits per heavy atom. The van der Waals surface area contributed by atoms with Crippen LogP contribution in [0.3, 0.4) is 0 Å². The highest BCUT2D eigenvalue weighted by molar-refractivity contribution is 7.17. The second-order valence-electron chi connectivity index (χ2n) is 8.07. The van der Waals surface area contributed by atoms with Crippen LogP contribution in [0.5, 0.6) is 5.75 Å². The Bertz CT molecular complexity index is 1240. The summed E-state index contributed by atoms with van der Waals surface area (Å²) >= 11 is 1.42. The smallest absolute Gasteiger partial charge is 0.265 e. The Kier molecular flexibility index (Phi) is 5.06. The number of likely N-dealkylation sites (tertiary alicyclic amines) is 1. The van der Waals surface area contributed by atoms with Gasteiger partial charge in [0.25, 0.3) is 5.91 Å². The van der Waals surface area contributed by atoms with E-state index in [2.05, 4.69) is 28.3 Å². The Morgan fingerprint density at radius 3 is 2.74 bits per heavy atom. The number of rotatable bonds is 4. The predicted molar refractivity (Wildman–Crippen MR) is 122 cm³/mol. The van der Waals surface area contributed by atoms with Crippen molar-refractivity contribution in [1.82, 2.24) is 14.9 Å². The maximum atomic E-state index is 13.2. The number of methoxy groups -OCH3 is 1. The van der Waals surface area contributed by atoms with Crippen LogP contribution in [-0.4, -0.2) is 41.0 Å². The summed E-state index contributed by atoms with van der Waals surface area (Å²) < 4.78 is 11.1. The third kappa shape index (κ3) is 3.63. The van der Waals surface area contributed by atoms with Gasteiger partial charge in [-0.3, -0.25) is 4.79 Å². The topological polar surface area (TPSA) is 71.4 Å². The molecule has 0 bridgehead atoms. The van der Waals surface area contributed by atoms with Gasteiger partial charge in [-0.15, -0.1) is 11.3 Å². The summed E-state index contributed by atoms with van der Waals surface area (Å²) in [5.74, 6) is 2.92. The molecule has 1 fully saturated rings. The summed E-state index contributed by atoms with van der Waals surface area (Å²) in [6.45, 7) is 5.29. The van der Waals surface area contributed by atoms with Gasteiger partial charge in [-0.1, -0.05) is 0 Å². The molecular weight excluding hydrogens is 410 g/mol. The van der Waals surface area contributed by atoms with Gasteiger partial charge in [-0.05, 0) is 68.5 Å². The van der Waals surface area contributed by atoms with Gasteiger partial charge in [0, 0.05) is 30.2 Å². The molecule has 1 saturated heterocycles. The third-order valence-corrected chi connectivity index (χ3v) is 7.24. The van der Waals surface area contributed by atoms with E-state index in [1.165, 1.54) is 22.3 Å². The van der Waals surface area contributed by atoms with E-state index in [9.17, 15) is 4.79 Å². The molecule has 1 N–H and O–H groups in total. The number of benzene rings is 1. The number of aromatic amines is 1. The summed E-state index contributed by atoms with van der Waals surface area (Å²) in [7, 11) is 1.69. The van der Waals surface area contributed by atoms with Crippen LogP contribution in [0.15, 0.2) is 40.9 Å². The van der Waals surface area contributed by atoms with Gasteiger partial charge in [0.1, 0.15) is 16.4 Å². The number of nitrogens with one attached hydrogen (secondary N) is 1. The standard InChI is InChI=1S/C24H25N3O3S/c1-14-4-7-21(30-14)23-26-15(2)22(31-23)24(28)27-10-8-16(9-11-27)19-13-25-20-6-5-17(29-3)12-18(19)20/h4-7,12-13,16,25H,8-11H2,1-3H3. The van der Waals surface area contributed by atoms with E-state index in [0.29, 0.717) is 10.8 Å². The number of nitrogens with zero attached hydrogens (tertiary/aromatic N) is 2. The molecule has 4 heterocycles. The number of furan rings is 1. The van der Waals surface area contributed by atoms with Crippen molar-refractivity contribution < 1.29 is 13.9 Å². The lowest BCUT2D eigenvalue weighted by Gasteiger charge is -2.31. The molecule has 7 heteroatoms. The molecule has 0 saturated carbocycles. The molecule has 1 aromatic carbocycles. The van der Waals surface area contributed by atoms with E-state index in [1.807, 2.05) is 36.9 Å². The van der Waals surface area contributed by atoms with Crippen LogP contribution in [0.2, 0.25) is 0 Å². The molecule has 0 spiro atoms. The zero-order chi connectivity index (χ0) is 21.5. The number of ether oxygens (including phenoxy) is 1. The third-order valence-electron chi connectivity index (χ3n) is 6.08. The van der Waals surface area contributed by atoms with E-state index >= 15 is 0 Å². The van der Waals surface area contributed by atoms with Gasteiger partial charge in [-0.2, -0.15) is 0 Å². The average Bonchev–Trinajstić information content (AvgIpc) is 3.51. The highest BCUT2D eigenvalue weighted by atomic mass is 32.1. The minimum atomic E-state index is 0.0728. The fourth-order valence-corrected chi connectivity index (χ4v) is 5.37.